The Bertz CT molecular complexity index is 928. The van der Waals surface area contributed by atoms with Crippen molar-refractivity contribution in [1.29, 1.82) is 0 Å². The van der Waals surface area contributed by atoms with Crippen LogP contribution in [0.5, 0.6) is 0 Å². The van der Waals surface area contributed by atoms with Crippen LogP contribution in [-0.4, -0.2) is 33.9 Å². The smallest absolute Gasteiger partial charge is 0.191 e. The van der Waals surface area contributed by atoms with Gasteiger partial charge in [-0.2, -0.15) is 5.10 Å². The van der Waals surface area contributed by atoms with Crippen LogP contribution in [0.2, 0.25) is 0 Å². The molecule has 0 radical (unpaired) electrons. The molecule has 1 aromatic carbocycles. The van der Waals surface area contributed by atoms with E-state index < -0.39 is 5.60 Å². The van der Waals surface area contributed by atoms with Gasteiger partial charge in [-0.05, 0) is 50.1 Å². The van der Waals surface area contributed by atoms with Crippen LogP contribution in [0.3, 0.4) is 0 Å². The molecule has 0 bridgehead atoms. The van der Waals surface area contributed by atoms with E-state index >= 15 is 0 Å². The zero-order chi connectivity index (χ0) is 20.7. The number of nitrogens with one attached hydrogen (secondary N) is 2. The minimum Gasteiger partial charge on any atom is -0.463 e. The van der Waals surface area contributed by atoms with Gasteiger partial charge in [0.15, 0.2) is 5.96 Å². The summed E-state index contributed by atoms with van der Waals surface area (Å²) in [6.07, 6.45) is 3.73. The highest BCUT2D eigenvalue weighted by molar-refractivity contribution is 5.79. The Balaban J connectivity index is 1.63. The van der Waals surface area contributed by atoms with Crippen LogP contribution >= 0.6 is 0 Å². The average molecular weight is 396 g/mol. The molecule has 154 valence electrons. The van der Waals surface area contributed by atoms with Gasteiger partial charge >= 0.3 is 0 Å². The molecule has 1 atom stereocenters. The molecule has 7 heteroatoms. The molecule has 0 amide bonds. The molecule has 3 aromatic rings. The first-order valence-electron chi connectivity index (χ1n) is 9.83. The molecule has 0 fully saturated rings. The molecule has 0 aliphatic rings. The van der Waals surface area contributed by atoms with Gasteiger partial charge in [0, 0.05) is 18.9 Å². The zero-order valence-electron chi connectivity index (χ0n) is 17.2. The summed E-state index contributed by atoms with van der Waals surface area (Å²) in [6.45, 7) is 7.87. The molecule has 2 aromatic heterocycles. The fourth-order valence-corrected chi connectivity index (χ4v) is 2.99. The lowest BCUT2D eigenvalue weighted by atomic mass is 10.0. The molecule has 0 aliphatic carbocycles. The van der Waals surface area contributed by atoms with E-state index in [2.05, 4.69) is 38.9 Å². The van der Waals surface area contributed by atoms with E-state index in [-0.39, 0.29) is 6.54 Å². The summed E-state index contributed by atoms with van der Waals surface area (Å²) in [7, 11) is 0. The Labute approximate surface area is 171 Å². The van der Waals surface area contributed by atoms with Crippen molar-refractivity contribution in [2.75, 3.05) is 13.1 Å². The third-order valence-corrected chi connectivity index (χ3v) is 4.53. The van der Waals surface area contributed by atoms with Gasteiger partial charge in [-0.3, -0.25) is 4.68 Å². The molecule has 7 nitrogen and oxygen atoms in total. The monoisotopic (exact) mass is 395 g/mol. The van der Waals surface area contributed by atoms with Crippen molar-refractivity contribution >= 4 is 5.96 Å². The molecule has 0 spiro atoms. The van der Waals surface area contributed by atoms with Crippen molar-refractivity contribution in [3.8, 4) is 0 Å². The van der Waals surface area contributed by atoms with E-state index in [9.17, 15) is 5.11 Å². The SMILES string of the molecule is CCNC(=NCc1cccc(Cn2cccn2)c1)NCC(C)(O)c1ccc(C)o1. The van der Waals surface area contributed by atoms with Crippen molar-refractivity contribution < 1.29 is 9.52 Å². The first-order valence-corrected chi connectivity index (χ1v) is 9.83. The van der Waals surface area contributed by atoms with Crippen LogP contribution in [-0.2, 0) is 18.7 Å². The fourth-order valence-electron chi connectivity index (χ4n) is 2.99. The topological polar surface area (TPSA) is 87.6 Å². The number of aliphatic imine (C=N–C) groups is 1. The van der Waals surface area contributed by atoms with Crippen molar-refractivity contribution in [3.63, 3.8) is 0 Å². The normalized spacial score (nSPS) is 13.9. The highest BCUT2D eigenvalue weighted by atomic mass is 16.4. The summed E-state index contributed by atoms with van der Waals surface area (Å²) in [5.74, 6) is 1.95. The van der Waals surface area contributed by atoms with Gasteiger partial charge in [0.1, 0.15) is 17.1 Å². The number of hydrogen-bond donors (Lipinski definition) is 3. The van der Waals surface area contributed by atoms with Gasteiger partial charge in [-0.25, -0.2) is 4.99 Å². The van der Waals surface area contributed by atoms with Gasteiger partial charge in [-0.15, -0.1) is 0 Å². The third kappa shape index (κ3) is 5.96. The fraction of sp³-hybridized carbons (Fsp3) is 0.364. The van der Waals surface area contributed by atoms with Crippen LogP contribution in [0.1, 0.15) is 36.5 Å². The minimum atomic E-state index is -1.13. The van der Waals surface area contributed by atoms with Gasteiger partial charge < -0.3 is 20.2 Å². The summed E-state index contributed by atoms with van der Waals surface area (Å²) in [4.78, 5) is 4.65. The standard InChI is InChI=1S/C22H29N5O2/c1-4-23-21(25-16-22(3,28)20-10-9-17(2)29-20)24-14-18-7-5-8-19(13-18)15-27-12-6-11-26-27/h5-13,28H,4,14-16H2,1-3H3,(H2,23,24,25). The number of nitrogens with zero attached hydrogens (tertiary/aromatic N) is 3. The highest BCUT2D eigenvalue weighted by Gasteiger charge is 2.27. The van der Waals surface area contributed by atoms with Crippen LogP contribution in [0.4, 0.5) is 0 Å². The maximum Gasteiger partial charge on any atom is 0.191 e. The van der Waals surface area contributed by atoms with Crippen LogP contribution in [0, 0.1) is 6.92 Å². The lowest BCUT2D eigenvalue weighted by molar-refractivity contribution is 0.0378. The highest BCUT2D eigenvalue weighted by Crippen LogP contribution is 2.21. The van der Waals surface area contributed by atoms with Gasteiger partial charge in [0.25, 0.3) is 0 Å². The van der Waals surface area contributed by atoms with E-state index in [0.29, 0.717) is 18.3 Å². The molecule has 0 saturated heterocycles. The van der Waals surface area contributed by atoms with E-state index in [4.69, 9.17) is 4.42 Å². The van der Waals surface area contributed by atoms with Crippen molar-refractivity contribution in [2.24, 2.45) is 4.99 Å². The number of rotatable bonds is 8. The van der Waals surface area contributed by atoms with Crippen LogP contribution in [0.25, 0.3) is 0 Å². The number of benzene rings is 1. The summed E-state index contributed by atoms with van der Waals surface area (Å²) in [5.41, 5.74) is 1.16. The third-order valence-electron chi connectivity index (χ3n) is 4.53. The average Bonchev–Trinajstić information content (AvgIpc) is 3.36. The number of furan rings is 1. The molecule has 0 aliphatic heterocycles. The molecule has 3 rings (SSSR count). The molecule has 29 heavy (non-hydrogen) atoms. The van der Waals surface area contributed by atoms with Crippen LogP contribution in [0.15, 0.2) is 64.3 Å². The van der Waals surface area contributed by atoms with Crippen molar-refractivity contribution in [2.45, 2.75) is 39.5 Å². The Hall–Kier alpha value is -3.06. The summed E-state index contributed by atoms with van der Waals surface area (Å²) in [6, 6.07) is 13.9. The molecule has 3 N–H and O–H groups in total. The lowest BCUT2D eigenvalue weighted by Crippen LogP contribution is -2.44. The van der Waals surface area contributed by atoms with E-state index in [1.807, 2.05) is 42.9 Å². The van der Waals surface area contributed by atoms with Gasteiger partial charge in [-0.1, -0.05) is 24.3 Å². The zero-order valence-corrected chi connectivity index (χ0v) is 17.2. The number of aromatic nitrogens is 2. The Morgan fingerprint density at radius 2 is 2.03 bits per heavy atom. The quantitative estimate of drug-likeness (QED) is 0.403. The Morgan fingerprint density at radius 3 is 2.72 bits per heavy atom. The molecular formula is C22H29N5O2. The van der Waals surface area contributed by atoms with Crippen LogP contribution < -0.4 is 10.6 Å². The first-order chi connectivity index (χ1) is 14.0. The number of guanidine groups is 1. The molecule has 1 unspecified atom stereocenters. The number of aliphatic hydroxyl groups is 1. The van der Waals surface area contributed by atoms with E-state index in [0.717, 1.165) is 24.4 Å². The first kappa shape index (κ1) is 20.7. The minimum absolute atomic E-state index is 0.283. The maximum absolute atomic E-state index is 10.7. The molecule has 0 saturated carbocycles. The summed E-state index contributed by atoms with van der Waals surface area (Å²) < 4.78 is 7.46. The second kappa shape index (κ2) is 9.43. The van der Waals surface area contributed by atoms with Gasteiger partial charge in [0.2, 0.25) is 0 Å². The van der Waals surface area contributed by atoms with Crippen molar-refractivity contribution in [3.05, 3.63) is 77.5 Å². The Morgan fingerprint density at radius 1 is 1.21 bits per heavy atom. The summed E-state index contributed by atoms with van der Waals surface area (Å²) >= 11 is 0. The number of hydrogen-bond acceptors (Lipinski definition) is 4. The second-order valence-corrected chi connectivity index (χ2v) is 7.26. The van der Waals surface area contributed by atoms with Crippen molar-refractivity contribution in [1.82, 2.24) is 20.4 Å². The maximum atomic E-state index is 10.7. The largest absolute Gasteiger partial charge is 0.463 e. The number of aryl methyl sites for hydroxylation is 1. The lowest BCUT2D eigenvalue weighted by Gasteiger charge is -2.22. The van der Waals surface area contributed by atoms with E-state index in [1.54, 1.807) is 19.2 Å². The van der Waals surface area contributed by atoms with Gasteiger partial charge in [0.05, 0.1) is 19.6 Å². The predicted octanol–water partition coefficient (Wildman–Crippen LogP) is 2.80. The second-order valence-electron chi connectivity index (χ2n) is 7.26. The van der Waals surface area contributed by atoms with E-state index in [1.165, 1.54) is 5.56 Å². The predicted molar refractivity (Wildman–Crippen MR) is 114 cm³/mol. The molecule has 2 heterocycles. The summed E-state index contributed by atoms with van der Waals surface area (Å²) in [5, 5.41) is 21.4. The Kier molecular flexibility index (Phi) is 6.72. The molecular weight excluding hydrogens is 366 g/mol.